The van der Waals surface area contributed by atoms with Crippen LogP contribution < -0.4 is 10.6 Å². The fraction of sp³-hybridized carbons (Fsp3) is 0.308. The second-order valence-corrected chi connectivity index (χ2v) is 3.62. The number of hydrogen-bond acceptors (Lipinski definition) is 2. The van der Waals surface area contributed by atoms with E-state index >= 15 is 0 Å². The summed E-state index contributed by atoms with van der Waals surface area (Å²) in [5, 5.41) is 5.91. The summed E-state index contributed by atoms with van der Waals surface area (Å²) in [6.45, 7) is 6.61. The first-order valence-electron chi connectivity index (χ1n) is 5.40. The smallest absolute Gasteiger partial charge is 0.237 e. The lowest BCUT2D eigenvalue weighted by Crippen LogP contribution is -2.41. The van der Waals surface area contributed by atoms with Crippen molar-refractivity contribution in [2.45, 2.75) is 19.5 Å². The first-order valence-corrected chi connectivity index (χ1v) is 5.40. The highest BCUT2D eigenvalue weighted by Gasteiger charge is 2.10. The number of amides is 1. The number of hydrogen-bond donors (Lipinski definition) is 2. The lowest BCUT2D eigenvalue weighted by molar-refractivity contribution is -0.122. The van der Waals surface area contributed by atoms with Crippen LogP contribution in [0.4, 0.5) is 0 Å². The SMILES string of the molecule is C=CCNC(=O)C(C)NCc1ccccc1. The topological polar surface area (TPSA) is 41.1 Å². The fourth-order valence-corrected chi connectivity index (χ4v) is 1.29. The molecule has 0 spiro atoms. The van der Waals surface area contributed by atoms with E-state index in [2.05, 4.69) is 17.2 Å². The molecule has 1 rings (SSSR count). The van der Waals surface area contributed by atoms with E-state index < -0.39 is 0 Å². The lowest BCUT2D eigenvalue weighted by Gasteiger charge is -2.13. The maximum Gasteiger partial charge on any atom is 0.237 e. The molecule has 16 heavy (non-hydrogen) atoms. The highest BCUT2D eigenvalue weighted by Crippen LogP contribution is 1.98. The molecule has 0 aliphatic heterocycles. The van der Waals surface area contributed by atoms with Crippen molar-refractivity contribution in [2.24, 2.45) is 0 Å². The summed E-state index contributed by atoms with van der Waals surface area (Å²) in [5.74, 6) is -0.00386. The van der Waals surface area contributed by atoms with Gasteiger partial charge in [0.2, 0.25) is 5.91 Å². The Kier molecular flexibility index (Phi) is 5.29. The Labute approximate surface area is 96.6 Å². The Bertz CT molecular complexity index is 335. The monoisotopic (exact) mass is 218 g/mol. The number of rotatable bonds is 6. The molecule has 0 fully saturated rings. The molecule has 3 heteroatoms. The highest BCUT2D eigenvalue weighted by molar-refractivity contribution is 5.81. The Morgan fingerprint density at radius 1 is 1.44 bits per heavy atom. The lowest BCUT2D eigenvalue weighted by atomic mass is 10.2. The van der Waals surface area contributed by atoms with Crippen LogP contribution in [0.25, 0.3) is 0 Å². The zero-order valence-corrected chi connectivity index (χ0v) is 9.57. The Morgan fingerprint density at radius 3 is 2.75 bits per heavy atom. The van der Waals surface area contributed by atoms with Crippen molar-refractivity contribution in [3.63, 3.8) is 0 Å². The second-order valence-electron chi connectivity index (χ2n) is 3.62. The molecule has 0 heterocycles. The molecule has 1 atom stereocenters. The molecule has 0 aromatic heterocycles. The van der Waals surface area contributed by atoms with Crippen LogP contribution in [0.5, 0.6) is 0 Å². The molecule has 1 aromatic carbocycles. The molecule has 0 saturated heterocycles. The van der Waals surface area contributed by atoms with Crippen molar-refractivity contribution in [1.82, 2.24) is 10.6 Å². The van der Waals surface area contributed by atoms with Crippen molar-refractivity contribution in [1.29, 1.82) is 0 Å². The minimum atomic E-state index is -0.194. The van der Waals surface area contributed by atoms with Crippen molar-refractivity contribution < 1.29 is 4.79 Å². The van der Waals surface area contributed by atoms with Crippen LogP contribution in [-0.4, -0.2) is 18.5 Å². The van der Waals surface area contributed by atoms with Gasteiger partial charge in [0.05, 0.1) is 6.04 Å². The van der Waals surface area contributed by atoms with Gasteiger partial charge in [0.1, 0.15) is 0 Å². The molecule has 86 valence electrons. The van der Waals surface area contributed by atoms with Crippen LogP contribution in [0.1, 0.15) is 12.5 Å². The Morgan fingerprint density at radius 2 is 2.12 bits per heavy atom. The van der Waals surface area contributed by atoms with Gasteiger partial charge in [-0.15, -0.1) is 6.58 Å². The molecule has 1 aromatic rings. The van der Waals surface area contributed by atoms with E-state index in [9.17, 15) is 4.79 Å². The van der Waals surface area contributed by atoms with Crippen molar-refractivity contribution in [3.8, 4) is 0 Å². The largest absolute Gasteiger partial charge is 0.351 e. The van der Waals surface area contributed by atoms with Crippen LogP contribution in [0.15, 0.2) is 43.0 Å². The van der Waals surface area contributed by atoms with E-state index in [-0.39, 0.29) is 11.9 Å². The molecule has 0 bridgehead atoms. The van der Waals surface area contributed by atoms with Gasteiger partial charge in [-0.2, -0.15) is 0 Å². The summed E-state index contributed by atoms with van der Waals surface area (Å²) in [7, 11) is 0. The fourth-order valence-electron chi connectivity index (χ4n) is 1.29. The van der Waals surface area contributed by atoms with E-state index in [1.54, 1.807) is 6.08 Å². The highest BCUT2D eigenvalue weighted by atomic mass is 16.2. The van der Waals surface area contributed by atoms with E-state index in [0.29, 0.717) is 13.1 Å². The quantitative estimate of drug-likeness (QED) is 0.710. The summed E-state index contributed by atoms with van der Waals surface area (Å²) in [5.41, 5.74) is 1.17. The number of nitrogens with one attached hydrogen (secondary N) is 2. The van der Waals surface area contributed by atoms with Gasteiger partial charge in [-0.3, -0.25) is 4.79 Å². The molecule has 0 radical (unpaired) electrons. The molecular formula is C13H18N2O. The minimum absolute atomic E-state index is 0.00386. The first-order chi connectivity index (χ1) is 7.74. The second kappa shape index (κ2) is 6.80. The Hall–Kier alpha value is -1.61. The Balaban J connectivity index is 2.32. The van der Waals surface area contributed by atoms with Crippen molar-refractivity contribution >= 4 is 5.91 Å². The van der Waals surface area contributed by atoms with E-state index in [1.807, 2.05) is 37.3 Å². The predicted octanol–water partition coefficient (Wildman–Crippen LogP) is 1.47. The van der Waals surface area contributed by atoms with Gasteiger partial charge in [-0.25, -0.2) is 0 Å². The molecule has 2 N–H and O–H groups in total. The van der Waals surface area contributed by atoms with Crippen molar-refractivity contribution in [3.05, 3.63) is 48.6 Å². The predicted molar refractivity (Wildman–Crippen MR) is 66.0 cm³/mol. The van der Waals surface area contributed by atoms with E-state index in [1.165, 1.54) is 5.56 Å². The first kappa shape index (κ1) is 12.5. The third-order valence-corrected chi connectivity index (χ3v) is 2.27. The number of carbonyl (C=O) groups excluding carboxylic acids is 1. The summed E-state index contributed by atoms with van der Waals surface area (Å²) in [4.78, 5) is 11.5. The summed E-state index contributed by atoms with van der Waals surface area (Å²) < 4.78 is 0. The van der Waals surface area contributed by atoms with E-state index in [0.717, 1.165) is 0 Å². The van der Waals surface area contributed by atoms with Crippen LogP contribution in [0.3, 0.4) is 0 Å². The van der Waals surface area contributed by atoms with Crippen LogP contribution in [-0.2, 0) is 11.3 Å². The van der Waals surface area contributed by atoms with Crippen LogP contribution >= 0.6 is 0 Å². The molecule has 0 aliphatic rings. The average molecular weight is 218 g/mol. The van der Waals surface area contributed by atoms with Gasteiger partial charge < -0.3 is 10.6 Å². The molecule has 0 aliphatic carbocycles. The minimum Gasteiger partial charge on any atom is -0.351 e. The third kappa shape index (κ3) is 4.28. The third-order valence-electron chi connectivity index (χ3n) is 2.27. The van der Waals surface area contributed by atoms with Crippen LogP contribution in [0, 0.1) is 0 Å². The zero-order chi connectivity index (χ0) is 11.8. The van der Waals surface area contributed by atoms with Crippen LogP contribution in [0.2, 0.25) is 0 Å². The molecule has 1 amide bonds. The average Bonchev–Trinajstić information content (AvgIpc) is 2.34. The van der Waals surface area contributed by atoms with Gasteiger partial charge in [-0.05, 0) is 12.5 Å². The van der Waals surface area contributed by atoms with Gasteiger partial charge in [0.25, 0.3) is 0 Å². The molecule has 3 nitrogen and oxygen atoms in total. The molecule has 1 unspecified atom stereocenters. The maximum absolute atomic E-state index is 11.5. The maximum atomic E-state index is 11.5. The number of carbonyl (C=O) groups is 1. The molecule has 0 saturated carbocycles. The normalized spacial score (nSPS) is 11.8. The van der Waals surface area contributed by atoms with Gasteiger partial charge >= 0.3 is 0 Å². The standard InChI is InChI=1S/C13H18N2O/c1-3-9-14-13(16)11(2)15-10-12-7-5-4-6-8-12/h3-8,11,15H,1,9-10H2,2H3,(H,14,16). The van der Waals surface area contributed by atoms with Gasteiger partial charge in [0, 0.05) is 13.1 Å². The summed E-state index contributed by atoms with van der Waals surface area (Å²) in [6.07, 6.45) is 1.67. The molecular weight excluding hydrogens is 200 g/mol. The zero-order valence-electron chi connectivity index (χ0n) is 9.57. The number of benzene rings is 1. The van der Waals surface area contributed by atoms with Gasteiger partial charge in [0.15, 0.2) is 0 Å². The van der Waals surface area contributed by atoms with Crippen molar-refractivity contribution in [2.75, 3.05) is 6.54 Å². The van der Waals surface area contributed by atoms with Gasteiger partial charge in [-0.1, -0.05) is 36.4 Å². The summed E-state index contributed by atoms with van der Waals surface area (Å²) >= 11 is 0. The summed E-state index contributed by atoms with van der Waals surface area (Å²) in [6, 6.07) is 9.81. The van der Waals surface area contributed by atoms with E-state index in [4.69, 9.17) is 0 Å².